The Morgan fingerprint density at radius 3 is 1.95 bits per heavy atom. The molecule has 0 radical (unpaired) electrons. The second-order valence-corrected chi connectivity index (χ2v) is 4.92. The number of hydrogen-bond acceptors (Lipinski definition) is 0. The average molecular weight is 301 g/mol. The third-order valence-electron chi connectivity index (χ3n) is 2.88. The summed E-state index contributed by atoms with van der Waals surface area (Å²) in [5, 5.41) is 0.665. The summed E-state index contributed by atoms with van der Waals surface area (Å²) in [6.45, 7) is 0. The number of halogens is 5. The number of fused-ring (bicyclic) bond motifs is 1. The van der Waals surface area contributed by atoms with Crippen LogP contribution in [-0.2, 0) is 0 Å². The van der Waals surface area contributed by atoms with Crippen molar-refractivity contribution in [2.24, 2.45) is 0 Å². The summed E-state index contributed by atoms with van der Waals surface area (Å²) in [6, 6.07) is 6.57. The fourth-order valence-electron chi connectivity index (χ4n) is 1.93. The molecule has 0 spiro atoms. The zero-order valence-electron chi connectivity index (χ0n) is 9.67. The molecular formula is C13H5F5NP. The monoisotopic (exact) mass is 301 g/mol. The number of para-hydroxylation sites is 1. The lowest BCUT2D eigenvalue weighted by Gasteiger charge is -2.10. The summed E-state index contributed by atoms with van der Waals surface area (Å²) < 4.78 is 68.1. The number of rotatable bonds is 1. The molecule has 0 atom stereocenters. The van der Waals surface area contributed by atoms with Crippen molar-refractivity contribution in [2.75, 3.05) is 0 Å². The van der Waals surface area contributed by atoms with Gasteiger partial charge >= 0.3 is 0 Å². The molecule has 3 aromatic rings. The van der Waals surface area contributed by atoms with Gasteiger partial charge in [-0.15, -0.1) is 0 Å². The second kappa shape index (κ2) is 4.56. The minimum absolute atomic E-state index is 0.309. The highest BCUT2D eigenvalue weighted by Gasteiger charge is 2.27. The van der Waals surface area contributed by atoms with Gasteiger partial charge in [0.15, 0.2) is 23.3 Å². The van der Waals surface area contributed by atoms with Crippen molar-refractivity contribution in [1.82, 2.24) is 4.33 Å². The van der Waals surface area contributed by atoms with E-state index in [0.29, 0.717) is 19.3 Å². The van der Waals surface area contributed by atoms with Gasteiger partial charge in [-0.3, -0.25) is 4.33 Å². The van der Waals surface area contributed by atoms with Crippen molar-refractivity contribution in [3.8, 4) is 5.69 Å². The lowest BCUT2D eigenvalue weighted by molar-refractivity contribution is 0.377. The number of nitrogens with zero attached hydrogens (tertiary/aromatic N) is 1. The van der Waals surface area contributed by atoms with Crippen molar-refractivity contribution in [1.29, 1.82) is 0 Å². The first kappa shape index (κ1) is 13.1. The normalized spacial score (nSPS) is 11.7. The fraction of sp³-hybridized carbons (Fsp3) is 0. The minimum atomic E-state index is -2.16. The van der Waals surface area contributed by atoms with Gasteiger partial charge in [0, 0.05) is 13.7 Å². The van der Waals surface area contributed by atoms with Crippen LogP contribution in [0.25, 0.3) is 16.6 Å². The van der Waals surface area contributed by atoms with Gasteiger partial charge in [-0.25, -0.2) is 22.0 Å². The Bertz CT molecular complexity index is 798. The molecule has 3 rings (SSSR count). The molecule has 0 amide bonds. The Balaban J connectivity index is 2.41. The van der Waals surface area contributed by atoms with Crippen LogP contribution in [0.1, 0.15) is 0 Å². The van der Waals surface area contributed by atoms with E-state index in [0.717, 1.165) is 4.33 Å². The zero-order chi connectivity index (χ0) is 14.4. The average Bonchev–Trinajstić information content (AvgIpc) is 2.87. The Labute approximate surface area is 111 Å². The highest BCUT2D eigenvalue weighted by atomic mass is 31.0. The van der Waals surface area contributed by atoms with Crippen molar-refractivity contribution >= 4 is 19.3 Å². The minimum Gasteiger partial charge on any atom is -0.286 e. The van der Waals surface area contributed by atoms with E-state index in [2.05, 4.69) is 0 Å². The van der Waals surface area contributed by atoms with Crippen LogP contribution in [0.3, 0.4) is 0 Å². The maximum Gasteiger partial charge on any atom is 0.200 e. The Hall–Kier alpha value is -1.94. The van der Waals surface area contributed by atoms with Gasteiger partial charge < -0.3 is 0 Å². The first-order chi connectivity index (χ1) is 9.52. The van der Waals surface area contributed by atoms with Crippen LogP contribution in [0.15, 0.2) is 30.1 Å². The summed E-state index contributed by atoms with van der Waals surface area (Å²) in [5.41, 5.74) is -0.554. The first-order valence-electron chi connectivity index (χ1n) is 5.47. The van der Waals surface area contributed by atoms with Crippen LogP contribution in [-0.4, -0.2) is 4.33 Å². The highest BCUT2D eigenvalue weighted by molar-refractivity contribution is 7.26. The van der Waals surface area contributed by atoms with Crippen molar-refractivity contribution in [2.45, 2.75) is 0 Å². The van der Waals surface area contributed by atoms with Gasteiger partial charge in [-0.2, -0.15) is 0 Å². The molecule has 0 saturated carbocycles. The van der Waals surface area contributed by atoms with E-state index in [1.807, 2.05) is 0 Å². The van der Waals surface area contributed by atoms with E-state index in [9.17, 15) is 22.0 Å². The van der Waals surface area contributed by atoms with Crippen LogP contribution >= 0.6 is 8.35 Å². The summed E-state index contributed by atoms with van der Waals surface area (Å²) >= 11 is 0. The molecule has 2 aromatic carbocycles. The van der Waals surface area contributed by atoms with Gasteiger partial charge in [0.2, 0.25) is 5.82 Å². The third kappa shape index (κ3) is 1.72. The molecule has 0 fully saturated rings. The van der Waals surface area contributed by atoms with E-state index in [-0.39, 0.29) is 0 Å². The molecule has 0 aliphatic heterocycles. The maximum atomic E-state index is 13.8. The summed E-state index contributed by atoms with van der Waals surface area (Å²) in [4.78, 5) is 0. The zero-order valence-corrected chi connectivity index (χ0v) is 10.6. The van der Waals surface area contributed by atoms with Gasteiger partial charge in [0.25, 0.3) is 0 Å². The molecule has 0 saturated heterocycles. The van der Waals surface area contributed by atoms with Crippen LogP contribution in [0.4, 0.5) is 22.0 Å². The number of hydrogen-bond donors (Lipinski definition) is 0. The van der Waals surface area contributed by atoms with E-state index in [4.69, 9.17) is 0 Å². The van der Waals surface area contributed by atoms with E-state index < -0.39 is 34.8 Å². The van der Waals surface area contributed by atoms with Crippen LogP contribution in [0, 0.1) is 29.1 Å². The molecule has 1 aromatic heterocycles. The Morgan fingerprint density at radius 2 is 1.30 bits per heavy atom. The molecule has 0 unspecified atom stereocenters. The van der Waals surface area contributed by atoms with E-state index in [1.54, 1.807) is 30.1 Å². The molecule has 0 bridgehead atoms. The topological polar surface area (TPSA) is 4.93 Å². The smallest absolute Gasteiger partial charge is 0.200 e. The molecule has 20 heavy (non-hydrogen) atoms. The number of aromatic nitrogens is 1. The van der Waals surface area contributed by atoms with Gasteiger partial charge in [-0.1, -0.05) is 18.2 Å². The fourth-order valence-corrected chi connectivity index (χ4v) is 2.98. The lowest BCUT2D eigenvalue weighted by atomic mass is 10.2. The predicted octanol–water partition coefficient (Wildman–Crippen LogP) is 4.91. The lowest BCUT2D eigenvalue weighted by Crippen LogP contribution is -2.07. The molecule has 102 valence electrons. The van der Waals surface area contributed by atoms with Crippen LogP contribution in [0.5, 0.6) is 0 Å². The van der Waals surface area contributed by atoms with E-state index >= 15 is 0 Å². The van der Waals surface area contributed by atoms with Gasteiger partial charge in [0.05, 0.1) is 5.52 Å². The summed E-state index contributed by atoms with van der Waals surface area (Å²) in [6.07, 6.45) is 0. The molecule has 0 N–H and O–H groups in total. The predicted molar refractivity (Wildman–Crippen MR) is 65.6 cm³/mol. The summed E-state index contributed by atoms with van der Waals surface area (Å²) in [5.74, 6) is -8.10. The second-order valence-electron chi connectivity index (χ2n) is 4.03. The Kier molecular flexibility index (Phi) is 2.98. The maximum absolute atomic E-state index is 13.8. The van der Waals surface area contributed by atoms with E-state index in [1.165, 1.54) is 0 Å². The van der Waals surface area contributed by atoms with Crippen molar-refractivity contribution in [3.05, 3.63) is 59.1 Å². The van der Waals surface area contributed by atoms with Crippen LogP contribution < -0.4 is 0 Å². The van der Waals surface area contributed by atoms with Crippen LogP contribution in [0.2, 0.25) is 0 Å². The van der Waals surface area contributed by atoms with Crippen molar-refractivity contribution in [3.63, 3.8) is 0 Å². The largest absolute Gasteiger partial charge is 0.286 e. The SMILES string of the molecule is Fc1c(F)c(F)c(-n2pcc3ccccc32)c(F)c1F. The van der Waals surface area contributed by atoms with Gasteiger partial charge in [-0.05, 0) is 11.9 Å². The Morgan fingerprint density at radius 1 is 0.750 bits per heavy atom. The standard InChI is InChI=1S/C13H5F5NP/c14-8-9(15)11(17)13(12(18)10(8)16)19-7-4-2-1-3-6(7)5-20-19/h1-5H. The molecule has 0 aliphatic carbocycles. The molecule has 1 nitrogen and oxygen atoms in total. The van der Waals surface area contributed by atoms with Crippen molar-refractivity contribution < 1.29 is 22.0 Å². The first-order valence-corrected chi connectivity index (χ1v) is 6.38. The molecule has 7 heteroatoms. The summed E-state index contributed by atoms with van der Waals surface area (Å²) in [7, 11) is 0.309. The molecule has 1 heterocycles. The van der Waals surface area contributed by atoms with Gasteiger partial charge in [0.1, 0.15) is 5.69 Å². The third-order valence-corrected chi connectivity index (χ3v) is 3.92. The highest BCUT2D eigenvalue weighted by Crippen LogP contribution is 2.33. The molecule has 0 aliphatic rings. The number of benzene rings is 2. The molecular weight excluding hydrogens is 296 g/mol. The quantitative estimate of drug-likeness (QED) is 0.342.